The number of aryl methyl sites for hydroxylation is 1. The highest BCUT2D eigenvalue weighted by molar-refractivity contribution is 7.99. The molecule has 100 valence electrons. The van der Waals surface area contributed by atoms with Gasteiger partial charge in [0.25, 0.3) is 11.7 Å². The van der Waals surface area contributed by atoms with Crippen molar-refractivity contribution in [1.82, 2.24) is 25.1 Å². The highest BCUT2D eigenvalue weighted by atomic mass is 32.2. The molecule has 1 amide bonds. The number of aromatic amines is 1. The number of rotatable bonds is 6. The smallest absolute Gasteiger partial charge is 0.294 e. The van der Waals surface area contributed by atoms with Crippen LogP contribution in [0.25, 0.3) is 0 Å². The Kier molecular flexibility index (Phi) is 4.35. The van der Waals surface area contributed by atoms with Crippen molar-refractivity contribution in [2.75, 3.05) is 12.3 Å². The maximum absolute atomic E-state index is 11.8. The minimum Gasteiger partial charge on any atom is -0.348 e. The fourth-order valence-corrected chi connectivity index (χ4v) is 2.11. The lowest BCUT2D eigenvalue weighted by atomic mass is 10.2. The van der Waals surface area contributed by atoms with Crippen molar-refractivity contribution in [1.29, 1.82) is 0 Å². The van der Waals surface area contributed by atoms with E-state index in [0.29, 0.717) is 23.1 Å². The molecule has 0 spiro atoms. The van der Waals surface area contributed by atoms with Crippen LogP contribution in [0.4, 0.5) is 0 Å². The summed E-state index contributed by atoms with van der Waals surface area (Å²) in [5, 5.41) is 9.66. The number of Topliss-reactive ketones (excluding diaryl/α,β-unsaturated/α-hetero) is 1. The van der Waals surface area contributed by atoms with Gasteiger partial charge in [-0.3, -0.25) is 14.7 Å². The Morgan fingerprint density at radius 2 is 2.37 bits per heavy atom. The predicted molar refractivity (Wildman–Crippen MR) is 69.9 cm³/mol. The maximum atomic E-state index is 11.8. The highest BCUT2D eigenvalue weighted by Gasteiger charge is 2.17. The van der Waals surface area contributed by atoms with Gasteiger partial charge in [-0.2, -0.15) is 5.10 Å². The van der Waals surface area contributed by atoms with Crippen LogP contribution in [-0.4, -0.2) is 43.7 Å². The molecule has 7 nitrogen and oxygen atoms in total. The zero-order valence-electron chi connectivity index (χ0n) is 10.3. The average molecular weight is 279 g/mol. The predicted octanol–water partition coefficient (Wildman–Crippen LogP) is 0.234. The van der Waals surface area contributed by atoms with Crippen molar-refractivity contribution < 1.29 is 9.59 Å². The molecule has 0 aliphatic heterocycles. The van der Waals surface area contributed by atoms with E-state index in [9.17, 15) is 9.59 Å². The number of carbonyl (C=O) groups is 2. The van der Waals surface area contributed by atoms with E-state index in [0.717, 1.165) is 0 Å². The lowest BCUT2D eigenvalue weighted by molar-refractivity contribution is -0.116. The summed E-state index contributed by atoms with van der Waals surface area (Å²) in [5.74, 6) is -0.515. The molecule has 0 aromatic carbocycles. The number of hydrogen-bond acceptors (Lipinski definition) is 5. The summed E-state index contributed by atoms with van der Waals surface area (Å²) in [6.07, 6.45) is 3.14. The Morgan fingerprint density at radius 3 is 3.00 bits per heavy atom. The van der Waals surface area contributed by atoms with Crippen molar-refractivity contribution in [3.05, 3.63) is 30.4 Å². The fraction of sp³-hybridized carbons (Fsp3) is 0.273. The van der Waals surface area contributed by atoms with Crippen LogP contribution in [0.5, 0.6) is 0 Å². The van der Waals surface area contributed by atoms with Crippen molar-refractivity contribution in [3.8, 4) is 0 Å². The van der Waals surface area contributed by atoms with Gasteiger partial charge in [0.05, 0.1) is 5.69 Å². The first-order valence-electron chi connectivity index (χ1n) is 5.60. The Hall–Kier alpha value is -2.09. The van der Waals surface area contributed by atoms with Gasteiger partial charge in [-0.05, 0) is 12.1 Å². The van der Waals surface area contributed by atoms with Gasteiger partial charge in [-0.1, -0.05) is 11.8 Å². The third-order valence-corrected chi connectivity index (χ3v) is 3.28. The Bertz CT molecular complexity index is 563. The van der Waals surface area contributed by atoms with Gasteiger partial charge in [0, 0.05) is 25.5 Å². The van der Waals surface area contributed by atoms with Crippen LogP contribution < -0.4 is 5.32 Å². The van der Waals surface area contributed by atoms with E-state index in [1.54, 1.807) is 29.9 Å². The quantitative estimate of drug-likeness (QED) is 0.342. The monoisotopic (exact) mass is 279 g/mol. The van der Waals surface area contributed by atoms with Crippen molar-refractivity contribution in [2.45, 2.75) is 5.16 Å². The zero-order chi connectivity index (χ0) is 13.7. The maximum Gasteiger partial charge on any atom is 0.294 e. The number of hydrogen-bond donors (Lipinski definition) is 2. The van der Waals surface area contributed by atoms with E-state index >= 15 is 0 Å². The Balaban J connectivity index is 1.75. The summed E-state index contributed by atoms with van der Waals surface area (Å²) in [6, 6.07) is 3.34. The van der Waals surface area contributed by atoms with E-state index in [2.05, 4.69) is 20.5 Å². The van der Waals surface area contributed by atoms with Gasteiger partial charge in [0.15, 0.2) is 5.16 Å². The second-order valence-electron chi connectivity index (χ2n) is 3.73. The molecule has 2 rings (SSSR count). The molecule has 2 N–H and O–H groups in total. The van der Waals surface area contributed by atoms with Gasteiger partial charge >= 0.3 is 0 Å². The number of amides is 1. The number of aromatic nitrogens is 4. The minimum atomic E-state index is -0.597. The molecule has 0 bridgehead atoms. The molecule has 0 saturated heterocycles. The van der Waals surface area contributed by atoms with Gasteiger partial charge < -0.3 is 9.88 Å². The van der Waals surface area contributed by atoms with Crippen molar-refractivity contribution >= 4 is 23.5 Å². The second kappa shape index (κ2) is 6.19. The number of nitrogens with zero attached hydrogens (tertiary/aromatic N) is 3. The summed E-state index contributed by atoms with van der Waals surface area (Å²) < 4.78 is 1.62. The number of nitrogens with one attached hydrogen (secondary N) is 2. The van der Waals surface area contributed by atoms with Gasteiger partial charge in [-0.15, -0.1) is 0 Å². The van der Waals surface area contributed by atoms with Crippen LogP contribution in [-0.2, 0) is 11.8 Å². The van der Waals surface area contributed by atoms with E-state index in [4.69, 9.17) is 0 Å². The summed E-state index contributed by atoms with van der Waals surface area (Å²) >= 11 is 1.42. The Morgan fingerprint density at radius 1 is 1.53 bits per heavy atom. The van der Waals surface area contributed by atoms with E-state index < -0.39 is 11.7 Å². The summed E-state index contributed by atoms with van der Waals surface area (Å²) in [6.45, 7) is 0.389. The molecule has 0 aliphatic rings. The highest BCUT2D eigenvalue weighted by Crippen LogP contribution is 2.08. The molecular formula is C11H13N5O2S. The largest absolute Gasteiger partial charge is 0.348 e. The molecule has 0 aliphatic carbocycles. The normalized spacial score (nSPS) is 10.4. The summed E-state index contributed by atoms with van der Waals surface area (Å²) in [5.41, 5.74) is 0.375. The van der Waals surface area contributed by atoms with E-state index in [1.165, 1.54) is 18.1 Å². The molecular weight excluding hydrogens is 266 g/mol. The third-order valence-electron chi connectivity index (χ3n) is 2.40. The number of ketones is 1. The molecule has 2 aromatic heterocycles. The second-order valence-corrected chi connectivity index (χ2v) is 4.81. The molecule has 0 atom stereocenters. The van der Waals surface area contributed by atoms with Gasteiger partial charge in [-0.25, -0.2) is 4.98 Å². The van der Waals surface area contributed by atoms with Gasteiger partial charge in [0.1, 0.15) is 6.33 Å². The molecule has 2 heterocycles. The first kappa shape index (κ1) is 13.3. The van der Waals surface area contributed by atoms with Crippen LogP contribution >= 0.6 is 11.8 Å². The molecule has 0 saturated carbocycles. The molecule has 19 heavy (non-hydrogen) atoms. The van der Waals surface area contributed by atoms with E-state index in [-0.39, 0.29) is 0 Å². The van der Waals surface area contributed by atoms with Crippen LogP contribution in [0, 0.1) is 0 Å². The van der Waals surface area contributed by atoms with Crippen LogP contribution in [0.15, 0.2) is 29.8 Å². The topological polar surface area (TPSA) is 92.7 Å². The average Bonchev–Trinajstić information content (AvgIpc) is 3.04. The van der Waals surface area contributed by atoms with Crippen LogP contribution in [0.1, 0.15) is 10.5 Å². The molecule has 2 aromatic rings. The van der Waals surface area contributed by atoms with Crippen molar-refractivity contribution in [2.24, 2.45) is 7.05 Å². The zero-order valence-corrected chi connectivity index (χ0v) is 11.1. The summed E-state index contributed by atoms with van der Waals surface area (Å²) in [4.78, 5) is 27.4. The molecule has 0 radical (unpaired) electrons. The number of H-pyrrole nitrogens is 1. The standard InChI is InChI=1S/C11H13N5O2S/c1-16-5-2-3-8(16)9(17)10(18)12-4-6-19-11-13-7-14-15-11/h2-3,5,7H,4,6H2,1H3,(H,12,18)(H,13,14,15). The Labute approximate surface area is 113 Å². The van der Waals surface area contributed by atoms with E-state index in [1.807, 2.05) is 0 Å². The molecule has 0 fully saturated rings. The van der Waals surface area contributed by atoms with Crippen LogP contribution in [0.2, 0.25) is 0 Å². The van der Waals surface area contributed by atoms with Gasteiger partial charge in [0.2, 0.25) is 0 Å². The fourth-order valence-electron chi connectivity index (χ4n) is 1.47. The first-order chi connectivity index (χ1) is 9.18. The lowest BCUT2D eigenvalue weighted by Crippen LogP contribution is -2.33. The number of thioether (sulfide) groups is 1. The van der Waals surface area contributed by atoms with Crippen molar-refractivity contribution in [3.63, 3.8) is 0 Å². The molecule has 0 unspecified atom stereocenters. The first-order valence-corrected chi connectivity index (χ1v) is 6.59. The third kappa shape index (κ3) is 3.44. The number of carbonyl (C=O) groups excluding carboxylic acids is 2. The lowest BCUT2D eigenvalue weighted by Gasteiger charge is -2.04. The summed E-state index contributed by atoms with van der Waals surface area (Å²) in [7, 11) is 1.72. The van der Waals surface area contributed by atoms with Crippen LogP contribution in [0.3, 0.4) is 0 Å². The minimum absolute atomic E-state index is 0.375. The SMILES string of the molecule is Cn1cccc1C(=O)C(=O)NCCSc1ncn[nH]1. The molecule has 8 heteroatoms.